The van der Waals surface area contributed by atoms with E-state index in [0.717, 1.165) is 0 Å². The van der Waals surface area contributed by atoms with Gasteiger partial charge in [0.15, 0.2) is 5.03 Å². The molecule has 0 aromatic carbocycles. The third-order valence-corrected chi connectivity index (χ3v) is 5.23. The molecule has 1 N–H and O–H groups in total. The zero-order valence-corrected chi connectivity index (χ0v) is 13.5. The zero-order valence-electron chi connectivity index (χ0n) is 12.7. The van der Waals surface area contributed by atoms with Gasteiger partial charge in [-0.3, -0.25) is 0 Å². The highest BCUT2D eigenvalue weighted by atomic mass is 32.2. The highest BCUT2D eigenvalue weighted by Gasteiger charge is 2.36. The molecule has 1 aliphatic rings. The molecule has 0 saturated carbocycles. The Morgan fingerprint density at radius 3 is 2.73 bits per heavy atom. The van der Waals surface area contributed by atoms with Gasteiger partial charge in [-0.25, -0.2) is 23.1 Å². The first kappa shape index (κ1) is 15.2. The summed E-state index contributed by atoms with van der Waals surface area (Å²) in [4.78, 5) is 8.33. The van der Waals surface area contributed by atoms with E-state index >= 15 is 0 Å². The molecule has 0 spiro atoms. The summed E-state index contributed by atoms with van der Waals surface area (Å²) in [5, 5.41) is 0.0259. The van der Waals surface area contributed by atoms with Gasteiger partial charge in [0.25, 0.3) is 10.0 Å². The van der Waals surface area contributed by atoms with Crippen molar-refractivity contribution in [1.82, 2.24) is 23.8 Å². The van der Waals surface area contributed by atoms with Crippen LogP contribution < -0.4 is 4.72 Å². The number of rotatable bonds is 4. The van der Waals surface area contributed by atoms with Crippen molar-refractivity contribution in [3.05, 3.63) is 30.2 Å². The summed E-state index contributed by atoms with van der Waals surface area (Å²) in [6, 6.07) is -0.353. The van der Waals surface area contributed by atoms with Crippen molar-refractivity contribution >= 4 is 10.0 Å². The lowest BCUT2D eigenvalue weighted by atomic mass is 10.1. The molecule has 0 aliphatic carbocycles. The van der Waals surface area contributed by atoms with Crippen LogP contribution in [0.3, 0.4) is 0 Å². The number of aryl methyl sites for hydroxylation is 3. The van der Waals surface area contributed by atoms with Crippen LogP contribution >= 0.6 is 0 Å². The second-order valence-corrected chi connectivity index (χ2v) is 7.10. The fraction of sp³-hybridized carbons (Fsp3) is 0.538. The first-order valence-corrected chi connectivity index (χ1v) is 8.48. The number of sulfonamides is 1. The molecule has 2 aromatic rings. The standard InChI is InChI=1S/C13H19N5O3S/c1-9-15-11(8-18(9)3)22(19,20)16-10-4-7-21-12(10)13-14-5-6-17(13)2/h5-6,8,10,12,16H,4,7H2,1-3H3/t10-,12-/m0/s1. The van der Waals surface area contributed by atoms with Gasteiger partial charge in [0.05, 0.1) is 6.04 Å². The number of ether oxygens (including phenoxy) is 1. The minimum absolute atomic E-state index is 0.0259. The van der Waals surface area contributed by atoms with Gasteiger partial charge >= 0.3 is 0 Å². The van der Waals surface area contributed by atoms with Crippen molar-refractivity contribution in [2.75, 3.05) is 6.61 Å². The molecule has 8 nitrogen and oxygen atoms in total. The summed E-state index contributed by atoms with van der Waals surface area (Å²) in [6.07, 6.45) is 5.20. The summed E-state index contributed by atoms with van der Waals surface area (Å²) < 4.78 is 36.8. The number of hydrogen-bond acceptors (Lipinski definition) is 5. The Bertz CT molecular complexity index is 760. The second kappa shape index (κ2) is 5.49. The van der Waals surface area contributed by atoms with Crippen LogP contribution in [-0.2, 0) is 28.9 Å². The van der Waals surface area contributed by atoms with E-state index in [2.05, 4.69) is 14.7 Å². The summed E-state index contributed by atoms with van der Waals surface area (Å²) in [5.41, 5.74) is 0. The monoisotopic (exact) mass is 325 g/mol. The second-order valence-electron chi connectivity index (χ2n) is 5.44. The van der Waals surface area contributed by atoms with Gasteiger partial charge in [-0.05, 0) is 13.3 Å². The quantitative estimate of drug-likeness (QED) is 0.871. The Morgan fingerprint density at radius 2 is 2.14 bits per heavy atom. The van der Waals surface area contributed by atoms with Crippen LogP contribution in [0.4, 0.5) is 0 Å². The SMILES string of the molecule is Cc1nc(S(=O)(=O)N[C@H]2CCO[C@@H]2c2nccn2C)cn1C. The Labute approximate surface area is 129 Å². The lowest BCUT2D eigenvalue weighted by molar-refractivity contribution is 0.0932. The van der Waals surface area contributed by atoms with Crippen molar-refractivity contribution in [2.45, 2.75) is 30.5 Å². The average molecular weight is 325 g/mol. The molecule has 2 atom stereocenters. The minimum Gasteiger partial charge on any atom is -0.369 e. The van der Waals surface area contributed by atoms with Crippen molar-refractivity contribution < 1.29 is 13.2 Å². The van der Waals surface area contributed by atoms with Gasteiger partial charge in [0.2, 0.25) is 0 Å². The van der Waals surface area contributed by atoms with E-state index in [1.165, 1.54) is 6.20 Å². The molecule has 22 heavy (non-hydrogen) atoms. The lowest BCUT2D eigenvalue weighted by Crippen LogP contribution is -2.37. The first-order chi connectivity index (χ1) is 10.4. The van der Waals surface area contributed by atoms with Crippen molar-refractivity contribution in [3.63, 3.8) is 0 Å². The fourth-order valence-corrected chi connectivity index (χ4v) is 3.84. The average Bonchev–Trinajstić information content (AvgIpc) is 3.12. The maximum absolute atomic E-state index is 12.5. The smallest absolute Gasteiger partial charge is 0.259 e. The van der Waals surface area contributed by atoms with Crippen LogP contribution in [0, 0.1) is 6.92 Å². The predicted octanol–water partition coefficient (Wildman–Crippen LogP) is 0.271. The van der Waals surface area contributed by atoms with Crippen molar-refractivity contribution in [3.8, 4) is 0 Å². The largest absolute Gasteiger partial charge is 0.369 e. The summed E-state index contributed by atoms with van der Waals surface area (Å²) >= 11 is 0. The maximum atomic E-state index is 12.5. The van der Waals surface area contributed by atoms with Gasteiger partial charge in [0.1, 0.15) is 17.8 Å². The first-order valence-electron chi connectivity index (χ1n) is 6.99. The Balaban J connectivity index is 1.84. The zero-order chi connectivity index (χ0) is 15.9. The Morgan fingerprint density at radius 1 is 1.36 bits per heavy atom. The van der Waals surface area contributed by atoms with Crippen LogP contribution in [0.15, 0.2) is 23.6 Å². The van der Waals surface area contributed by atoms with Crippen LogP contribution in [-0.4, -0.2) is 40.2 Å². The van der Waals surface area contributed by atoms with Gasteiger partial charge in [-0.15, -0.1) is 0 Å². The van der Waals surface area contributed by atoms with Crippen LogP contribution in [0.5, 0.6) is 0 Å². The van der Waals surface area contributed by atoms with E-state index < -0.39 is 10.0 Å². The van der Waals surface area contributed by atoms with E-state index in [1.807, 2.05) is 17.8 Å². The molecular weight excluding hydrogens is 306 g/mol. The molecule has 1 saturated heterocycles. The molecule has 0 radical (unpaired) electrons. The number of hydrogen-bond donors (Lipinski definition) is 1. The number of nitrogens with zero attached hydrogens (tertiary/aromatic N) is 4. The summed E-state index contributed by atoms with van der Waals surface area (Å²) in [7, 11) is -0.0617. The van der Waals surface area contributed by atoms with Crippen molar-refractivity contribution in [1.29, 1.82) is 0 Å². The predicted molar refractivity (Wildman–Crippen MR) is 78.6 cm³/mol. The molecular formula is C13H19N5O3S. The van der Waals surface area contributed by atoms with E-state index in [9.17, 15) is 8.42 Å². The van der Waals surface area contributed by atoms with Gasteiger partial charge in [-0.2, -0.15) is 0 Å². The molecule has 3 heterocycles. The molecule has 1 aliphatic heterocycles. The molecule has 0 bridgehead atoms. The highest BCUT2D eigenvalue weighted by Crippen LogP contribution is 2.28. The highest BCUT2D eigenvalue weighted by molar-refractivity contribution is 7.89. The topological polar surface area (TPSA) is 91.0 Å². The Kier molecular flexibility index (Phi) is 3.79. The molecule has 2 aromatic heterocycles. The molecule has 0 unspecified atom stereocenters. The maximum Gasteiger partial charge on any atom is 0.259 e. The molecule has 9 heteroatoms. The normalized spacial score (nSPS) is 22.3. The number of nitrogens with one attached hydrogen (secondary N) is 1. The molecule has 1 fully saturated rings. The molecule has 3 rings (SSSR count). The summed E-state index contributed by atoms with van der Waals surface area (Å²) in [6.45, 7) is 2.25. The van der Waals surface area contributed by atoms with E-state index in [4.69, 9.17) is 4.74 Å². The molecule has 120 valence electrons. The summed E-state index contributed by atoms with van der Waals surface area (Å²) in [5.74, 6) is 1.35. The van der Waals surface area contributed by atoms with Gasteiger partial charge in [0, 0.05) is 39.3 Å². The van der Waals surface area contributed by atoms with Gasteiger partial charge < -0.3 is 13.9 Å². The van der Waals surface area contributed by atoms with Crippen LogP contribution in [0.25, 0.3) is 0 Å². The number of aromatic nitrogens is 4. The third-order valence-electron chi connectivity index (χ3n) is 3.87. The van der Waals surface area contributed by atoms with Gasteiger partial charge in [-0.1, -0.05) is 0 Å². The van der Waals surface area contributed by atoms with E-state index in [1.54, 1.807) is 24.7 Å². The minimum atomic E-state index is -3.68. The van der Waals surface area contributed by atoms with Crippen LogP contribution in [0.1, 0.15) is 24.2 Å². The fourth-order valence-electron chi connectivity index (χ4n) is 2.53. The van der Waals surface area contributed by atoms with E-state index in [-0.39, 0.29) is 17.2 Å². The van der Waals surface area contributed by atoms with E-state index in [0.29, 0.717) is 24.7 Å². The van der Waals surface area contributed by atoms with Crippen LogP contribution in [0.2, 0.25) is 0 Å². The molecule has 0 amide bonds. The van der Waals surface area contributed by atoms with Crippen molar-refractivity contribution in [2.24, 2.45) is 14.1 Å². The number of imidazole rings is 2. The third kappa shape index (κ3) is 2.67. The Hall–Kier alpha value is -1.71. The lowest BCUT2D eigenvalue weighted by Gasteiger charge is -2.18.